The molecule has 1 aliphatic rings. The van der Waals surface area contributed by atoms with Crippen molar-refractivity contribution in [3.63, 3.8) is 0 Å². The molecule has 13 rings (SSSR count). The molecule has 0 radical (unpaired) electrons. The Bertz CT molecular complexity index is 3690. The molecule has 2 aromatic heterocycles. The van der Waals surface area contributed by atoms with E-state index in [1.165, 1.54) is 119 Å². The van der Waals surface area contributed by atoms with Gasteiger partial charge in [0.05, 0.1) is 4.70 Å². The van der Waals surface area contributed by atoms with Gasteiger partial charge in [-0.1, -0.05) is 172 Å². The highest BCUT2D eigenvalue weighted by molar-refractivity contribution is 7.26. The first kappa shape index (κ1) is 33.0. The number of hydrogen-bond acceptors (Lipinski definition) is 2. The van der Waals surface area contributed by atoms with Crippen molar-refractivity contribution in [2.24, 2.45) is 0 Å². The van der Waals surface area contributed by atoms with Crippen molar-refractivity contribution >= 4 is 85.8 Å². The van der Waals surface area contributed by atoms with Crippen LogP contribution >= 0.6 is 11.3 Å². The van der Waals surface area contributed by atoms with Crippen LogP contribution in [-0.4, -0.2) is 0 Å². The Hall–Kier alpha value is -7.00. The summed E-state index contributed by atoms with van der Waals surface area (Å²) in [7, 11) is 0. The van der Waals surface area contributed by atoms with Crippen LogP contribution in [0.2, 0.25) is 0 Å². The largest absolute Gasteiger partial charge is 0.455 e. The Kier molecular flexibility index (Phi) is 6.73. The van der Waals surface area contributed by atoms with Crippen LogP contribution in [-0.2, 0) is 5.41 Å². The Morgan fingerprint density at radius 1 is 0.390 bits per heavy atom. The van der Waals surface area contributed by atoms with Crippen molar-refractivity contribution in [1.82, 2.24) is 0 Å². The minimum absolute atomic E-state index is 0.0683. The van der Waals surface area contributed by atoms with Crippen molar-refractivity contribution < 1.29 is 4.42 Å². The van der Waals surface area contributed by atoms with E-state index in [0.717, 1.165) is 11.2 Å². The van der Waals surface area contributed by atoms with E-state index >= 15 is 0 Å². The molecule has 0 saturated carbocycles. The van der Waals surface area contributed by atoms with Gasteiger partial charge in [0.1, 0.15) is 5.58 Å². The first-order valence-corrected chi connectivity index (χ1v) is 21.3. The van der Waals surface area contributed by atoms with Gasteiger partial charge in [-0.2, -0.15) is 0 Å². The maximum absolute atomic E-state index is 6.87. The molecule has 0 aliphatic heterocycles. The van der Waals surface area contributed by atoms with Crippen LogP contribution in [0.25, 0.3) is 119 Å². The highest BCUT2D eigenvalue weighted by Crippen LogP contribution is 2.52. The lowest BCUT2D eigenvalue weighted by Crippen LogP contribution is -2.14. The van der Waals surface area contributed by atoms with Gasteiger partial charge in [-0.05, 0) is 112 Å². The summed E-state index contributed by atoms with van der Waals surface area (Å²) in [6, 6.07) is 67.5. The lowest BCUT2D eigenvalue weighted by Gasteiger charge is -2.23. The maximum Gasteiger partial charge on any atom is 0.153 e. The fourth-order valence-corrected chi connectivity index (χ4v) is 11.7. The molecule has 0 N–H and O–H groups in total. The maximum atomic E-state index is 6.87. The van der Waals surface area contributed by atoms with Gasteiger partial charge in [0.25, 0.3) is 0 Å². The zero-order valence-electron chi connectivity index (χ0n) is 32.6. The summed E-state index contributed by atoms with van der Waals surface area (Å²) < 4.78 is 9.37. The average molecular weight is 769 g/mol. The second-order valence-electron chi connectivity index (χ2n) is 16.7. The van der Waals surface area contributed by atoms with Gasteiger partial charge in [-0.3, -0.25) is 0 Å². The first-order valence-electron chi connectivity index (χ1n) is 20.5. The predicted octanol–water partition coefficient (Wildman–Crippen LogP) is 16.7. The number of hydrogen-bond donors (Lipinski definition) is 0. The summed E-state index contributed by atoms with van der Waals surface area (Å²) in [5, 5.41) is 12.4. The van der Waals surface area contributed by atoms with E-state index in [1.54, 1.807) is 0 Å². The monoisotopic (exact) mass is 768 g/mol. The van der Waals surface area contributed by atoms with Crippen LogP contribution in [0.3, 0.4) is 0 Å². The molecular formula is C57H36OS. The van der Waals surface area contributed by atoms with Gasteiger partial charge in [-0.25, -0.2) is 0 Å². The predicted molar refractivity (Wildman–Crippen MR) is 253 cm³/mol. The lowest BCUT2D eigenvalue weighted by molar-refractivity contribution is 0.660. The second kappa shape index (κ2) is 12.0. The fourth-order valence-electron chi connectivity index (χ4n) is 10.5. The van der Waals surface area contributed by atoms with E-state index < -0.39 is 0 Å². The summed E-state index contributed by atoms with van der Waals surface area (Å²) >= 11 is 1.82. The summed E-state index contributed by atoms with van der Waals surface area (Å²) in [4.78, 5) is 0. The van der Waals surface area contributed by atoms with Gasteiger partial charge < -0.3 is 4.42 Å². The molecule has 0 fully saturated rings. The topological polar surface area (TPSA) is 13.1 Å². The molecule has 1 aliphatic carbocycles. The van der Waals surface area contributed by atoms with E-state index in [4.69, 9.17) is 4.42 Å². The normalized spacial score (nSPS) is 13.4. The summed E-state index contributed by atoms with van der Waals surface area (Å²) in [5.74, 6) is 0. The minimum Gasteiger partial charge on any atom is -0.455 e. The number of benzene rings is 10. The van der Waals surface area contributed by atoms with Gasteiger partial charge in [0, 0.05) is 31.7 Å². The van der Waals surface area contributed by atoms with Gasteiger partial charge in [0.2, 0.25) is 0 Å². The number of thiophene rings is 1. The van der Waals surface area contributed by atoms with E-state index in [1.807, 2.05) is 11.3 Å². The number of fused-ring (bicyclic) bond motifs is 14. The van der Waals surface area contributed by atoms with Crippen LogP contribution in [0, 0.1) is 0 Å². The van der Waals surface area contributed by atoms with E-state index in [2.05, 4.69) is 196 Å². The molecule has 0 atom stereocenters. The Balaban J connectivity index is 0.978. The zero-order valence-corrected chi connectivity index (χ0v) is 33.5. The van der Waals surface area contributed by atoms with E-state index in [-0.39, 0.29) is 5.41 Å². The van der Waals surface area contributed by atoms with E-state index in [9.17, 15) is 0 Å². The average Bonchev–Trinajstić information content (AvgIpc) is 3.93. The molecule has 0 spiro atoms. The van der Waals surface area contributed by atoms with Gasteiger partial charge in [-0.15, -0.1) is 11.3 Å². The molecule has 0 bridgehead atoms. The van der Waals surface area contributed by atoms with Crippen LogP contribution in [0.4, 0.5) is 0 Å². The highest BCUT2D eigenvalue weighted by atomic mass is 32.1. The minimum atomic E-state index is -0.0683. The molecule has 2 heterocycles. The lowest BCUT2D eigenvalue weighted by atomic mass is 9.80. The fraction of sp³-hybridized carbons (Fsp3) is 0.0526. The van der Waals surface area contributed by atoms with Crippen molar-refractivity contribution in [2.75, 3.05) is 0 Å². The highest BCUT2D eigenvalue weighted by Gasteiger charge is 2.35. The number of rotatable bonds is 3. The molecule has 59 heavy (non-hydrogen) atoms. The van der Waals surface area contributed by atoms with Crippen molar-refractivity contribution in [3.05, 3.63) is 193 Å². The first-order chi connectivity index (χ1) is 29.0. The van der Waals surface area contributed by atoms with Gasteiger partial charge in [0.15, 0.2) is 5.58 Å². The summed E-state index contributed by atoms with van der Waals surface area (Å²) in [6.07, 6.45) is 0. The number of furan rings is 1. The molecule has 276 valence electrons. The Labute approximate surface area is 345 Å². The smallest absolute Gasteiger partial charge is 0.153 e. The van der Waals surface area contributed by atoms with Crippen molar-refractivity contribution in [1.29, 1.82) is 0 Å². The molecule has 1 nitrogen and oxygen atoms in total. The van der Waals surface area contributed by atoms with Crippen LogP contribution in [0.5, 0.6) is 0 Å². The molecule has 2 heteroatoms. The van der Waals surface area contributed by atoms with E-state index in [0.29, 0.717) is 0 Å². The third kappa shape index (κ3) is 4.55. The summed E-state index contributed by atoms with van der Waals surface area (Å²) in [6.45, 7) is 4.73. The zero-order chi connectivity index (χ0) is 39.0. The Morgan fingerprint density at radius 2 is 0.932 bits per heavy atom. The molecule has 12 aromatic rings. The third-order valence-corrected chi connectivity index (χ3v) is 14.5. The van der Waals surface area contributed by atoms with Crippen LogP contribution < -0.4 is 0 Å². The standard InChI is InChI=1S/C57H36OS/c1-57(2)48-21-11-9-14-37(48)38-28-27-35(31-49(38)57)53-43-19-7-5-17-41(43)52(42-18-6-8-20-44(42)53)34-25-23-33(24-26-34)47-32-50-54(40-16-4-3-13-36(40)47)46-30-29-45-39-15-10-12-22-51(39)59-56(45)55(46)58-50/h3-32H,1-2H3. The summed E-state index contributed by atoms with van der Waals surface area (Å²) in [5.41, 5.74) is 14.7. The second-order valence-corrected chi connectivity index (χ2v) is 17.8. The van der Waals surface area contributed by atoms with Crippen molar-refractivity contribution in [3.8, 4) is 44.5 Å². The molecule has 0 unspecified atom stereocenters. The van der Waals surface area contributed by atoms with Crippen LogP contribution in [0.15, 0.2) is 186 Å². The Morgan fingerprint density at radius 3 is 1.66 bits per heavy atom. The third-order valence-electron chi connectivity index (χ3n) is 13.3. The molecule has 10 aromatic carbocycles. The molecular weight excluding hydrogens is 733 g/mol. The van der Waals surface area contributed by atoms with Crippen molar-refractivity contribution in [2.45, 2.75) is 19.3 Å². The van der Waals surface area contributed by atoms with Crippen LogP contribution in [0.1, 0.15) is 25.0 Å². The van der Waals surface area contributed by atoms with Gasteiger partial charge >= 0.3 is 0 Å². The quantitative estimate of drug-likeness (QED) is 0.163. The SMILES string of the molecule is CC1(C)c2ccccc2-c2ccc(-c3c4ccccc4c(-c4ccc(-c5cc6oc7c(ccc8c9ccccc9sc87)c6c6ccccc56)cc4)c4ccccc34)cc21. The molecule has 0 amide bonds. The molecule has 0 saturated heterocycles.